The van der Waals surface area contributed by atoms with E-state index < -0.39 is 0 Å². The van der Waals surface area contributed by atoms with Crippen molar-refractivity contribution >= 4 is 11.6 Å². The minimum absolute atomic E-state index is 0.0496. The summed E-state index contributed by atoms with van der Waals surface area (Å²) in [5.74, 6) is -0.0496. The molecule has 0 bridgehead atoms. The Morgan fingerprint density at radius 1 is 1.26 bits per heavy atom. The van der Waals surface area contributed by atoms with Crippen LogP contribution in [-0.4, -0.2) is 38.8 Å². The van der Waals surface area contributed by atoms with Crippen molar-refractivity contribution in [1.82, 2.24) is 5.32 Å². The van der Waals surface area contributed by atoms with E-state index >= 15 is 0 Å². The largest absolute Gasteiger partial charge is 0.383 e. The molecule has 0 aliphatic heterocycles. The van der Waals surface area contributed by atoms with Crippen LogP contribution >= 0.6 is 0 Å². The highest BCUT2D eigenvalue weighted by molar-refractivity contribution is 5.92. The van der Waals surface area contributed by atoms with Crippen molar-refractivity contribution in [2.24, 2.45) is 0 Å². The van der Waals surface area contributed by atoms with Gasteiger partial charge in [0.15, 0.2) is 0 Å². The van der Waals surface area contributed by atoms with Crippen LogP contribution < -0.4 is 10.6 Å². The first-order valence-electron chi connectivity index (χ1n) is 8.48. The monoisotopic (exact) mass is 320 g/mol. The minimum atomic E-state index is -0.0496. The van der Waals surface area contributed by atoms with Gasteiger partial charge in [0.25, 0.3) is 0 Å². The number of rotatable bonds is 9. The lowest BCUT2D eigenvalue weighted by Gasteiger charge is -2.22. The summed E-state index contributed by atoms with van der Waals surface area (Å²) in [7, 11) is 1.64. The maximum absolute atomic E-state index is 11.8. The van der Waals surface area contributed by atoms with Crippen LogP contribution in [0.25, 0.3) is 0 Å². The molecule has 1 aliphatic rings. The molecule has 0 heterocycles. The summed E-state index contributed by atoms with van der Waals surface area (Å²) in [5, 5.41) is 5.93. The standard InChI is InChI=1S/C18H28N2O3/c1-22-11-10-19-13-18(21)20-16-7-5-6-15(12-16)14-23-17-8-3-2-4-9-17/h5-7,12,17,19H,2-4,8-11,13-14H2,1H3,(H,20,21). The highest BCUT2D eigenvalue weighted by Gasteiger charge is 2.13. The molecule has 0 spiro atoms. The van der Waals surface area contributed by atoms with Crippen molar-refractivity contribution in [3.8, 4) is 0 Å². The van der Waals surface area contributed by atoms with Crippen LogP contribution in [0.1, 0.15) is 37.7 Å². The summed E-state index contributed by atoms with van der Waals surface area (Å²) in [5.41, 5.74) is 1.91. The van der Waals surface area contributed by atoms with E-state index in [0.29, 0.717) is 25.9 Å². The molecule has 0 radical (unpaired) electrons. The van der Waals surface area contributed by atoms with Gasteiger partial charge in [-0.1, -0.05) is 31.4 Å². The van der Waals surface area contributed by atoms with Gasteiger partial charge in [-0.3, -0.25) is 4.79 Å². The van der Waals surface area contributed by atoms with Crippen LogP contribution in [0.2, 0.25) is 0 Å². The lowest BCUT2D eigenvalue weighted by molar-refractivity contribution is -0.115. The van der Waals surface area contributed by atoms with Gasteiger partial charge in [0.2, 0.25) is 5.91 Å². The molecular formula is C18H28N2O3. The molecule has 1 amide bonds. The number of hydrogen-bond donors (Lipinski definition) is 2. The summed E-state index contributed by atoms with van der Waals surface area (Å²) >= 11 is 0. The number of anilines is 1. The highest BCUT2D eigenvalue weighted by atomic mass is 16.5. The number of nitrogens with one attached hydrogen (secondary N) is 2. The first kappa shape index (κ1) is 17.9. The Bertz CT molecular complexity index is 473. The number of carbonyl (C=O) groups is 1. The molecular weight excluding hydrogens is 292 g/mol. The zero-order valence-corrected chi connectivity index (χ0v) is 14.0. The summed E-state index contributed by atoms with van der Waals surface area (Å²) in [6.07, 6.45) is 6.62. The van der Waals surface area contributed by atoms with E-state index in [-0.39, 0.29) is 12.5 Å². The Hall–Kier alpha value is -1.43. The van der Waals surface area contributed by atoms with Crippen LogP contribution in [-0.2, 0) is 20.9 Å². The van der Waals surface area contributed by atoms with Crippen molar-refractivity contribution < 1.29 is 14.3 Å². The van der Waals surface area contributed by atoms with Gasteiger partial charge in [-0.25, -0.2) is 0 Å². The van der Waals surface area contributed by atoms with Crippen LogP contribution in [0.3, 0.4) is 0 Å². The van der Waals surface area contributed by atoms with E-state index in [1.54, 1.807) is 7.11 Å². The molecule has 1 saturated carbocycles. The van der Waals surface area contributed by atoms with Crippen LogP contribution in [0.15, 0.2) is 24.3 Å². The summed E-state index contributed by atoms with van der Waals surface area (Å²) in [6.45, 7) is 2.16. The number of amides is 1. The summed E-state index contributed by atoms with van der Waals surface area (Å²) in [4.78, 5) is 11.8. The molecule has 1 aromatic carbocycles. The lowest BCUT2D eigenvalue weighted by atomic mass is 9.98. The first-order chi connectivity index (χ1) is 11.3. The Morgan fingerprint density at radius 3 is 2.87 bits per heavy atom. The van der Waals surface area contributed by atoms with Crippen molar-refractivity contribution in [1.29, 1.82) is 0 Å². The van der Waals surface area contributed by atoms with Crippen LogP contribution in [0.4, 0.5) is 5.69 Å². The maximum Gasteiger partial charge on any atom is 0.238 e. The topological polar surface area (TPSA) is 59.6 Å². The molecule has 128 valence electrons. The average Bonchev–Trinajstić information content (AvgIpc) is 2.58. The zero-order valence-electron chi connectivity index (χ0n) is 14.0. The third kappa shape index (κ3) is 7.12. The molecule has 1 fully saturated rings. The molecule has 0 unspecified atom stereocenters. The van der Waals surface area contributed by atoms with Crippen LogP contribution in [0, 0.1) is 0 Å². The quantitative estimate of drug-likeness (QED) is 0.687. The van der Waals surface area contributed by atoms with Crippen molar-refractivity contribution in [3.05, 3.63) is 29.8 Å². The highest BCUT2D eigenvalue weighted by Crippen LogP contribution is 2.22. The van der Waals surface area contributed by atoms with Crippen molar-refractivity contribution in [2.45, 2.75) is 44.8 Å². The number of hydrogen-bond acceptors (Lipinski definition) is 4. The Morgan fingerprint density at radius 2 is 2.09 bits per heavy atom. The zero-order chi connectivity index (χ0) is 16.3. The predicted molar refractivity (Wildman–Crippen MR) is 91.5 cm³/mol. The van der Waals surface area contributed by atoms with Gasteiger partial charge in [0.1, 0.15) is 0 Å². The van der Waals surface area contributed by atoms with Gasteiger partial charge in [-0.15, -0.1) is 0 Å². The van der Waals surface area contributed by atoms with Crippen molar-refractivity contribution in [3.63, 3.8) is 0 Å². The fraction of sp³-hybridized carbons (Fsp3) is 0.611. The molecule has 2 rings (SSSR count). The van der Waals surface area contributed by atoms with E-state index in [1.165, 1.54) is 32.1 Å². The smallest absolute Gasteiger partial charge is 0.238 e. The lowest BCUT2D eigenvalue weighted by Crippen LogP contribution is -2.30. The van der Waals surface area contributed by atoms with Gasteiger partial charge < -0.3 is 20.1 Å². The fourth-order valence-corrected chi connectivity index (χ4v) is 2.77. The van der Waals surface area contributed by atoms with Gasteiger partial charge >= 0.3 is 0 Å². The van der Waals surface area contributed by atoms with Crippen molar-refractivity contribution in [2.75, 3.05) is 32.1 Å². The maximum atomic E-state index is 11.8. The van der Waals surface area contributed by atoms with Gasteiger partial charge in [0.05, 0.1) is 25.9 Å². The molecule has 0 saturated heterocycles. The van der Waals surface area contributed by atoms with Gasteiger partial charge in [-0.2, -0.15) is 0 Å². The molecule has 0 atom stereocenters. The molecule has 2 N–H and O–H groups in total. The first-order valence-corrected chi connectivity index (χ1v) is 8.48. The minimum Gasteiger partial charge on any atom is -0.383 e. The second-order valence-corrected chi connectivity index (χ2v) is 5.99. The van der Waals surface area contributed by atoms with Crippen LogP contribution in [0.5, 0.6) is 0 Å². The van der Waals surface area contributed by atoms with E-state index in [9.17, 15) is 4.79 Å². The molecule has 5 nitrogen and oxygen atoms in total. The third-order valence-electron chi connectivity index (χ3n) is 4.02. The summed E-state index contributed by atoms with van der Waals surface area (Å²) < 4.78 is 10.9. The second kappa shape index (κ2) is 10.4. The molecule has 0 aromatic heterocycles. The molecule has 23 heavy (non-hydrogen) atoms. The molecule has 5 heteroatoms. The Kier molecular flexibility index (Phi) is 8.07. The third-order valence-corrected chi connectivity index (χ3v) is 4.02. The van der Waals surface area contributed by atoms with E-state index in [2.05, 4.69) is 10.6 Å². The number of methoxy groups -OCH3 is 1. The molecule has 1 aliphatic carbocycles. The Balaban J connectivity index is 1.73. The fourth-order valence-electron chi connectivity index (χ4n) is 2.77. The number of benzene rings is 1. The second-order valence-electron chi connectivity index (χ2n) is 5.99. The summed E-state index contributed by atoms with van der Waals surface area (Å²) in [6, 6.07) is 7.87. The number of ether oxygens (including phenoxy) is 2. The van der Waals surface area contributed by atoms with E-state index in [1.807, 2.05) is 24.3 Å². The number of carbonyl (C=O) groups excluding carboxylic acids is 1. The molecule has 1 aromatic rings. The average molecular weight is 320 g/mol. The van der Waals surface area contributed by atoms with E-state index in [0.717, 1.165) is 11.3 Å². The van der Waals surface area contributed by atoms with Gasteiger partial charge in [0, 0.05) is 19.3 Å². The van der Waals surface area contributed by atoms with E-state index in [4.69, 9.17) is 9.47 Å². The normalized spacial score (nSPS) is 15.5. The SMILES string of the molecule is COCCNCC(=O)Nc1cccc(COC2CCCCC2)c1. The Labute approximate surface area is 138 Å². The predicted octanol–water partition coefficient (Wildman–Crippen LogP) is 2.71. The van der Waals surface area contributed by atoms with Gasteiger partial charge in [-0.05, 0) is 30.5 Å².